The number of carbonyl (C=O) groups is 2. The van der Waals surface area contributed by atoms with Gasteiger partial charge in [-0.15, -0.1) is 0 Å². The van der Waals surface area contributed by atoms with Crippen LogP contribution in [0.1, 0.15) is 25.3 Å². The second kappa shape index (κ2) is 9.81. The van der Waals surface area contributed by atoms with Gasteiger partial charge >= 0.3 is 5.97 Å². The van der Waals surface area contributed by atoms with Crippen molar-refractivity contribution < 1.29 is 14.3 Å². The van der Waals surface area contributed by atoms with Crippen molar-refractivity contribution in [3.05, 3.63) is 78.6 Å². The molecule has 2 aromatic carbocycles. The summed E-state index contributed by atoms with van der Waals surface area (Å²) in [5.74, 6) is 0.535. The Labute approximate surface area is 188 Å². The third-order valence-corrected chi connectivity index (χ3v) is 6.08. The molecule has 0 aliphatic carbocycles. The number of hydrogen-bond donors (Lipinski definition) is 0. The molecule has 1 amide bonds. The van der Waals surface area contributed by atoms with Gasteiger partial charge in [-0.05, 0) is 31.7 Å². The molecule has 3 aromatic rings. The highest BCUT2D eigenvalue weighted by Gasteiger charge is 2.44. The van der Waals surface area contributed by atoms with Crippen molar-refractivity contribution in [2.75, 3.05) is 19.7 Å². The second-order valence-corrected chi connectivity index (χ2v) is 8.33. The van der Waals surface area contributed by atoms with Crippen LogP contribution in [-0.4, -0.2) is 46.0 Å². The highest BCUT2D eigenvalue weighted by Crippen LogP contribution is 2.35. The lowest BCUT2D eigenvalue weighted by Gasteiger charge is -2.41. The van der Waals surface area contributed by atoms with Crippen LogP contribution in [0.5, 0.6) is 0 Å². The summed E-state index contributed by atoms with van der Waals surface area (Å²) in [5, 5.41) is 0. The Morgan fingerprint density at radius 2 is 1.78 bits per heavy atom. The van der Waals surface area contributed by atoms with Gasteiger partial charge in [0.15, 0.2) is 0 Å². The molecule has 0 saturated carbocycles. The molecule has 0 unspecified atom stereocenters. The zero-order valence-corrected chi connectivity index (χ0v) is 18.4. The molecular formula is C26H29N3O3. The van der Waals surface area contributed by atoms with E-state index < -0.39 is 5.41 Å². The maximum atomic E-state index is 13.3. The highest BCUT2D eigenvalue weighted by atomic mass is 16.5. The number of nitrogens with zero attached hydrogens (tertiary/aromatic N) is 3. The fraction of sp³-hybridized carbons (Fsp3) is 0.346. The van der Waals surface area contributed by atoms with Crippen molar-refractivity contribution in [1.82, 2.24) is 14.5 Å². The zero-order chi connectivity index (χ0) is 22.4. The van der Waals surface area contributed by atoms with Gasteiger partial charge in [0.1, 0.15) is 12.4 Å². The third kappa shape index (κ3) is 4.74. The van der Waals surface area contributed by atoms with Crippen molar-refractivity contribution in [2.24, 2.45) is 5.41 Å². The molecule has 4 rings (SSSR count). The first-order chi connectivity index (χ1) is 15.6. The van der Waals surface area contributed by atoms with Crippen LogP contribution in [0, 0.1) is 5.41 Å². The number of hydrogen-bond acceptors (Lipinski definition) is 4. The molecule has 32 heavy (non-hydrogen) atoms. The van der Waals surface area contributed by atoms with E-state index >= 15 is 0 Å². The first kappa shape index (κ1) is 21.8. The molecule has 1 aliphatic rings. The predicted octanol–water partition coefficient (Wildman–Crippen LogP) is 3.96. The topological polar surface area (TPSA) is 64.4 Å². The van der Waals surface area contributed by atoms with E-state index in [0.29, 0.717) is 32.5 Å². The van der Waals surface area contributed by atoms with E-state index in [1.165, 1.54) is 0 Å². The van der Waals surface area contributed by atoms with Crippen LogP contribution in [0.25, 0.3) is 11.4 Å². The fourth-order valence-corrected chi connectivity index (χ4v) is 4.53. The molecule has 0 bridgehead atoms. The molecule has 1 aliphatic heterocycles. The standard InChI is InChI=1S/C26H29N3O3/c1-2-32-25(31)26(18-21-10-5-3-6-11-21)14-9-16-29(20-26)23(30)19-28-17-15-27-24(28)22-12-7-4-8-13-22/h3-8,10-13,15,17H,2,9,14,16,18-20H2,1H3/t26-/m0/s1. The van der Waals surface area contributed by atoms with Gasteiger partial charge in [0.25, 0.3) is 0 Å². The maximum absolute atomic E-state index is 13.3. The summed E-state index contributed by atoms with van der Waals surface area (Å²) in [4.78, 5) is 32.6. The van der Waals surface area contributed by atoms with Crippen LogP contribution in [0.15, 0.2) is 73.1 Å². The number of rotatable bonds is 7. The van der Waals surface area contributed by atoms with Gasteiger partial charge < -0.3 is 14.2 Å². The molecule has 6 heteroatoms. The van der Waals surface area contributed by atoms with Gasteiger partial charge in [-0.2, -0.15) is 0 Å². The lowest BCUT2D eigenvalue weighted by atomic mass is 9.75. The Balaban J connectivity index is 1.53. The summed E-state index contributed by atoms with van der Waals surface area (Å²) in [7, 11) is 0. The summed E-state index contributed by atoms with van der Waals surface area (Å²) in [6.45, 7) is 3.36. The van der Waals surface area contributed by atoms with Crippen LogP contribution >= 0.6 is 0 Å². The Morgan fingerprint density at radius 1 is 1.06 bits per heavy atom. The molecule has 0 N–H and O–H groups in total. The van der Waals surface area contributed by atoms with Gasteiger partial charge in [-0.1, -0.05) is 60.7 Å². The molecule has 1 atom stereocenters. The fourth-order valence-electron chi connectivity index (χ4n) is 4.53. The largest absolute Gasteiger partial charge is 0.466 e. The van der Waals surface area contributed by atoms with Gasteiger partial charge in [0.2, 0.25) is 5.91 Å². The number of likely N-dealkylation sites (tertiary alicyclic amines) is 1. The number of amides is 1. The minimum Gasteiger partial charge on any atom is -0.466 e. The average molecular weight is 432 g/mol. The molecule has 6 nitrogen and oxygen atoms in total. The molecule has 166 valence electrons. The molecule has 1 saturated heterocycles. The van der Waals surface area contributed by atoms with E-state index in [-0.39, 0.29) is 18.4 Å². The van der Waals surface area contributed by atoms with Crippen LogP contribution in [-0.2, 0) is 27.3 Å². The molecule has 1 aromatic heterocycles. The van der Waals surface area contributed by atoms with Gasteiger partial charge in [0, 0.05) is 31.0 Å². The van der Waals surface area contributed by atoms with Crippen molar-refractivity contribution in [3.63, 3.8) is 0 Å². The summed E-state index contributed by atoms with van der Waals surface area (Å²) in [6, 6.07) is 19.8. The van der Waals surface area contributed by atoms with Crippen LogP contribution in [0.3, 0.4) is 0 Å². The van der Waals surface area contributed by atoms with Crippen LogP contribution < -0.4 is 0 Å². The van der Waals surface area contributed by atoms with Crippen molar-refractivity contribution in [2.45, 2.75) is 32.7 Å². The number of esters is 1. The zero-order valence-electron chi connectivity index (χ0n) is 18.4. The van der Waals surface area contributed by atoms with Crippen molar-refractivity contribution >= 4 is 11.9 Å². The van der Waals surface area contributed by atoms with E-state index in [4.69, 9.17) is 4.74 Å². The van der Waals surface area contributed by atoms with E-state index in [1.54, 1.807) is 6.20 Å². The number of aromatic nitrogens is 2. The number of piperidine rings is 1. The van der Waals surface area contributed by atoms with Gasteiger partial charge in [-0.3, -0.25) is 9.59 Å². The Bertz CT molecular complexity index is 1050. The minimum atomic E-state index is -0.720. The lowest BCUT2D eigenvalue weighted by Crippen LogP contribution is -2.52. The Kier molecular flexibility index (Phi) is 6.69. The molecule has 0 spiro atoms. The SMILES string of the molecule is CCOC(=O)[C@]1(Cc2ccccc2)CCCN(C(=O)Cn2ccnc2-c2ccccc2)C1. The summed E-state index contributed by atoms with van der Waals surface area (Å²) >= 11 is 0. The number of ether oxygens (including phenoxy) is 1. The summed E-state index contributed by atoms with van der Waals surface area (Å²) < 4.78 is 7.35. The smallest absolute Gasteiger partial charge is 0.314 e. The maximum Gasteiger partial charge on any atom is 0.314 e. The summed E-state index contributed by atoms with van der Waals surface area (Å²) in [5.41, 5.74) is 1.33. The summed E-state index contributed by atoms with van der Waals surface area (Å²) in [6.07, 6.45) is 5.59. The first-order valence-corrected chi connectivity index (χ1v) is 11.2. The second-order valence-electron chi connectivity index (χ2n) is 8.33. The molecule has 0 radical (unpaired) electrons. The number of benzene rings is 2. The minimum absolute atomic E-state index is 0.0124. The number of carbonyl (C=O) groups excluding carboxylic acids is 2. The van der Waals surface area contributed by atoms with E-state index in [2.05, 4.69) is 4.98 Å². The van der Waals surface area contributed by atoms with Gasteiger partial charge in [0.05, 0.1) is 12.0 Å². The molecule has 1 fully saturated rings. The van der Waals surface area contributed by atoms with Crippen molar-refractivity contribution in [1.29, 1.82) is 0 Å². The normalized spacial score (nSPS) is 18.3. The third-order valence-electron chi connectivity index (χ3n) is 6.08. The number of imidazole rings is 1. The highest BCUT2D eigenvalue weighted by molar-refractivity contribution is 5.81. The Morgan fingerprint density at radius 3 is 2.50 bits per heavy atom. The monoisotopic (exact) mass is 431 g/mol. The Hall–Kier alpha value is -3.41. The molecule has 2 heterocycles. The quantitative estimate of drug-likeness (QED) is 0.531. The van der Waals surface area contributed by atoms with E-state index in [1.807, 2.05) is 83.3 Å². The van der Waals surface area contributed by atoms with Crippen LogP contribution in [0.2, 0.25) is 0 Å². The van der Waals surface area contributed by atoms with E-state index in [0.717, 1.165) is 23.4 Å². The van der Waals surface area contributed by atoms with Crippen molar-refractivity contribution in [3.8, 4) is 11.4 Å². The van der Waals surface area contributed by atoms with Gasteiger partial charge in [-0.25, -0.2) is 4.98 Å². The lowest BCUT2D eigenvalue weighted by molar-refractivity contribution is -0.160. The average Bonchev–Trinajstić information content (AvgIpc) is 3.28. The van der Waals surface area contributed by atoms with E-state index in [9.17, 15) is 9.59 Å². The molecular weight excluding hydrogens is 402 g/mol. The predicted molar refractivity (Wildman–Crippen MR) is 123 cm³/mol. The first-order valence-electron chi connectivity index (χ1n) is 11.2. The van der Waals surface area contributed by atoms with Crippen LogP contribution in [0.4, 0.5) is 0 Å².